The Labute approximate surface area is 103 Å². The van der Waals surface area contributed by atoms with Gasteiger partial charge in [-0.1, -0.05) is 0 Å². The van der Waals surface area contributed by atoms with Crippen LogP contribution in [0.2, 0.25) is 0 Å². The maximum atomic E-state index is 10.6. The Kier molecular flexibility index (Phi) is 3.13. The van der Waals surface area contributed by atoms with Crippen LogP contribution in [-0.2, 0) is 0 Å². The average Bonchev–Trinajstić information content (AvgIpc) is 2.81. The first-order valence-electron chi connectivity index (χ1n) is 5.37. The van der Waals surface area contributed by atoms with Gasteiger partial charge in [0.25, 0.3) is 5.69 Å². The molecule has 0 bridgehead atoms. The van der Waals surface area contributed by atoms with E-state index in [0.29, 0.717) is 5.69 Å². The van der Waals surface area contributed by atoms with Gasteiger partial charge in [0.1, 0.15) is 11.5 Å². The molecule has 7 heteroatoms. The molecule has 1 atom stereocenters. The van der Waals surface area contributed by atoms with E-state index >= 15 is 0 Å². The third kappa shape index (κ3) is 2.40. The van der Waals surface area contributed by atoms with Gasteiger partial charge in [0.05, 0.1) is 11.0 Å². The van der Waals surface area contributed by atoms with Crippen molar-refractivity contribution in [2.24, 2.45) is 0 Å². The lowest BCUT2D eigenvalue weighted by atomic mass is 10.2. The van der Waals surface area contributed by atoms with E-state index < -0.39 is 4.92 Å². The van der Waals surface area contributed by atoms with Crippen LogP contribution >= 0.6 is 0 Å². The lowest BCUT2D eigenvalue weighted by molar-refractivity contribution is -0.383. The molecular formula is C11H13N5O2. The van der Waals surface area contributed by atoms with Crippen molar-refractivity contribution in [3.05, 3.63) is 46.5 Å². The summed E-state index contributed by atoms with van der Waals surface area (Å²) in [5, 5.41) is 13.8. The number of aromatic nitrogens is 2. The van der Waals surface area contributed by atoms with Crippen LogP contribution in [0.15, 0.2) is 30.6 Å². The molecule has 0 aliphatic carbocycles. The molecule has 4 N–H and O–H groups in total. The first-order valence-corrected chi connectivity index (χ1v) is 5.37. The highest BCUT2D eigenvalue weighted by molar-refractivity contribution is 5.66. The third-order valence-electron chi connectivity index (χ3n) is 2.54. The highest BCUT2D eigenvalue weighted by Gasteiger charge is 2.13. The molecule has 0 saturated heterocycles. The molecule has 1 aromatic heterocycles. The van der Waals surface area contributed by atoms with Gasteiger partial charge in [0.15, 0.2) is 0 Å². The van der Waals surface area contributed by atoms with E-state index in [1.807, 2.05) is 6.92 Å². The number of nitrogens with two attached hydrogens (primary N) is 1. The summed E-state index contributed by atoms with van der Waals surface area (Å²) in [6.45, 7) is 1.93. The van der Waals surface area contributed by atoms with Gasteiger partial charge in [-0.05, 0) is 19.1 Å². The molecule has 0 amide bonds. The summed E-state index contributed by atoms with van der Waals surface area (Å²) in [6.07, 6.45) is 3.40. The monoisotopic (exact) mass is 247 g/mol. The van der Waals surface area contributed by atoms with Crippen molar-refractivity contribution in [2.45, 2.75) is 13.0 Å². The molecule has 0 aliphatic rings. The predicted molar refractivity (Wildman–Crippen MR) is 68.1 cm³/mol. The Balaban J connectivity index is 2.15. The van der Waals surface area contributed by atoms with Crippen LogP contribution in [0.3, 0.4) is 0 Å². The first-order chi connectivity index (χ1) is 8.58. The summed E-state index contributed by atoms with van der Waals surface area (Å²) in [5.41, 5.74) is 6.37. The van der Waals surface area contributed by atoms with Crippen LogP contribution in [0.5, 0.6) is 0 Å². The van der Waals surface area contributed by atoms with Crippen molar-refractivity contribution in [2.75, 3.05) is 11.1 Å². The van der Waals surface area contributed by atoms with Crippen molar-refractivity contribution >= 4 is 17.1 Å². The Morgan fingerprint density at radius 2 is 2.33 bits per heavy atom. The Hall–Kier alpha value is -2.57. The fourth-order valence-electron chi connectivity index (χ4n) is 1.64. The standard InChI is InChI=1S/C11H13N5O2/c1-7(11-13-4-5-14-11)15-8-2-3-10(16(17)18)9(12)6-8/h2-7,15H,12H2,1H3,(H,13,14). The number of anilines is 2. The van der Waals surface area contributed by atoms with Gasteiger partial charge in [-0.25, -0.2) is 4.98 Å². The van der Waals surface area contributed by atoms with Gasteiger partial charge >= 0.3 is 0 Å². The molecule has 1 unspecified atom stereocenters. The second-order valence-electron chi connectivity index (χ2n) is 3.87. The van der Waals surface area contributed by atoms with Crippen molar-refractivity contribution < 1.29 is 4.92 Å². The number of benzene rings is 1. The SMILES string of the molecule is CC(Nc1ccc([N+](=O)[O-])c(N)c1)c1ncc[nH]1. The van der Waals surface area contributed by atoms with Crippen molar-refractivity contribution in [3.63, 3.8) is 0 Å². The van der Waals surface area contributed by atoms with Gasteiger partial charge in [-0.3, -0.25) is 10.1 Å². The van der Waals surface area contributed by atoms with Crippen LogP contribution in [0.25, 0.3) is 0 Å². The molecule has 2 aromatic rings. The minimum Gasteiger partial charge on any atom is -0.393 e. The molecule has 1 aromatic carbocycles. The Morgan fingerprint density at radius 1 is 1.56 bits per heavy atom. The Morgan fingerprint density at radius 3 is 2.89 bits per heavy atom. The quantitative estimate of drug-likeness (QED) is 0.435. The van der Waals surface area contributed by atoms with Gasteiger partial charge in [-0.15, -0.1) is 0 Å². The van der Waals surface area contributed by atoms with E-state index in [2.05, 4.69) is 15.3 Å². The summed E-state index contributed by atoms with van der Waals surface area (Å²) < 4.78 is 0. The summed E-state index contributed by atoms with van der Waals surface area (Å²) in [7, 11) is 0. The molecule has 7 nitrogen and oxygen atoms in total. The minimum absolute atomic E-state index is 0.0409. The lowest BCUT2D eigenvalue weighted by Crippen LogP contribution is -2.08. The van der Waals surface area contributed by atoms with E-state index in [1.165, 1.54) is 12.1 Å². The number of nitro groups is 1. The number of nitro benzene ring substituents is 1. The molecular weight excluding hydrogens is 234 g/mol. The van der Waals surface area contributed by atoms with Crippen molar-refractivity contribution in [1.82, 2.24) is 9.97 Å². The van der Waals surface area contributed by atoms with Gasteiger partial charge < -0.3 is 16.0 Å². The average molecular weight is 247 g/mol. The molecule has 0 spiro atoms. The fourth-order valence-corrected chi connectivity index (χ4v) is 1.64. The molecule has 0 saturated carbocycles. The van der Waals surface area contributed by atoms with E-state index in [4.69, 9.17) is 5.73 Å². The number of hydrogen-bond acceptors (Lipinski definition) is 5. The van der Waals surface area contributed by atoms with E-state index in [1.54, 1.807) is 18.5 Å². The van der Waals surface area contributed by atoms with Gasteiger partial charge in [0.2, 0.25) is 0 Å². The number of nitrogens with one attached hydrogen (secondary N) is 2. The first kappa shape index (κ1) is 11.9. The van der Waals surface area contributed by atoms with Crippen LogP contribution in [0, 0.1) is 10.1 Å². The second-order valence-corrected chi connectivity index (χ2v) is 3.87. The zero-order valence-electron chi connectivity index (χ0n) is 9.75. The van der Waals surface area contributed by atoms with Crippen LogP contribution in [0.1, 0.15) is 18.8 Å². The normalized spacial score (nSPS) is 12.1. The smallest absolute Gasteiger partial charge is 0.292 e. The fraction of sp³-hybridized carbons (Fsp3) is 0.182. The number of nitrogens with zero attached hydrogens (tertiary/aromatic N) is 2. The summed E-state index contributed by atoms with van der Waals surface area (Å²) >= 11 is 0. The lowest BCUT2D eigenvalue weighted by Gasteiger charge is -2.13. The minimum atomic E-state index is -0.505. The van der Waals surface area contributed by atoms with Crippen LogP contribution in [-0.4, -0.2) is 14.9 Å². The predicted octanol–water partition coefficient (Wildman–Crippen LogP) is 2.07. The largest absolute Gasteiger partial charge is 0.393 e. The Bertz CT molecular complexity index is 553. The zero-order valence-corrected chi connectivity index (χ0v) is 9.75. The van der Waals surface area contributed by atoms with Crippen LogP contribution in [0.4, 0.5) is 17.1 Å². The number of nitrogen functional groups attached to an aromatic ring is 1. The molecule has 0 radical (unpaired) electrons. The summed E-state index contributed by atoms with van der Waals surface area (Å²) in [6, 6.07) is 4.50. The number of rotatable bonds is 4. The van der Waals surface area contributed by atoms with Gasteiger partial charge in [-0.2, -0.15) is 0 Å². The van der Waals surface area contributed by atoms with Crippen molar-refractivity contribution in [1.29, 1.82) is 0 Å². The number of imidazole rings is 1. The number of hydrogen-bond donors (Lipinski definition) is 3. The molecule has 0 fully saturated rings. The molecule has 18 heavy (non-hydrogen) atoms. The number of aromatic amines is 1. The second kappa shape index (κ2) is 4.74. The van der Waals surface area contributed by atoms with E-state index in [9.17, 15) is 10.1 Å². The van der Waals surface area contributed by atoms with E-state index in [0.717, 1.165) is 5.82 Å². The zero-order chi connectivity index (χ0) is 13.1. The summed E-state index contributed by atoms with van der Waals surface area (Å²) in [4.78, 5) is 17.2. The molecule has 94 valence electrons. The summed E-state index contributed by atoms with van der Waals surface area (Å²) in [5.74, 6) is 0.784. The van der Waals surface area contributed by atoms with Crippen molar-refractivity contribution in [3.8, 4) is 0 Å². The highest BCUT2D eigenvalue weighted by Crippen LogP contribution is 2.26. The third-order valence-corrected chi connectivity index (χ3v) is 2.54. The van der Waals surface area contributed by atoms with E-state index in [-0.39, 0.29) is 17.4 Å². The van der Waals surface area contributed by atoms with Crippen LogP contribution < -0.4 is 11.1 Å². The number of H-pyrrole nitrogens is 1. The molecule has 0 aliphatic heterocycles. The topological polar surface area (TPSA) is 110 Å². The molecule has 1 heterocycles. The maximum Gasteiger partial charge on any atom is 0.292 e. The maximum absolute atomic E-state index is 10.6. The van der Waals surface area contributed by atoms with Gasteiger partial charge in [0, 0.05) is 24.1 Å². The molecule has 2 rings (SSSR count). The highest BCUT2D eigenvalue weighted by atomic mass is 16.6.